The fourth-order valence-corrected chi connectivity index (χ4v) is 2.59. The summed E-state index contributed by atoms with van der Waals surface area (Å²) in [5.74, 6) is -0.822. The fraction of sp³-hybridized carbons (Fsp3) is 0.455. The zero-order valence-corrected chi connectivity index (χ0v) is 11.5. The van der Waals surface area contributed by atoms with Crippen LogP contribution in [0.3, 0.4) is 0 Å². The molecule has 0 fully saturated rings. The molecule has 0 radical (unpaired) electrons. The van der Waals surface area contributed by atoms with Crippen LogP contribution in [0.2, 0.25) is 0 Å². The van der Waals surface area contributed by atoms with Crippen molar-refractivity contribution in [1.29, 1.82) is 0 Å². The topological polar surface area (TPSA) is 95.7 Å². The van der Waals surface area contributed by atoms with E-state index in [1.165, 1.54) is 7.11 Å². The molecule has 0 bridgehead atoms. The van der Waals surface area contributed by atoms with Crippen LogP contribution in [0.1, 0.15) is 45.5 Å². The van der Waals surface area contributed by atoms with E-state index in [1.54, 1.807) is 13.8 Å². The minimum atomic E-state index is -0.822. The molecule has 0 saturated carbocycles. The second kappa shape index (κ2) is 6.39. The number of ether oxygens (including phenoxy) is 2. The second-order valence-electron chi connectivity index (χ2n) is 3.53. The Morgan fingerprint density at radius 2 is 2.21 bits per heavy atom. The molecule has 0 N–H and O–H groups in total. The number of hydrogen-bond acceptors (Lipinski definition) is 7. The molecule has 0 aliphatic heterocycles. The third-order valence-electron chi connectivity index (χ3n) is 2.47. The van der Waals surface area contributed by atoms with Crippen LogP contribution in [0.4, 0.5) is 5.00 Å². The molecule has 0 amide bonds. The van der Waals surface area contributed by atoms with Gasteiger partial charge in [-0.15, -0.1) is 0 Å². The second-order valence-corrected chi connectivity index (χ2v) is 4.56. The minimum Gasteiger partial charge on any atom is -0.462 e. The van der Waals surface area contributed by atoms with Crippen LogP contribution in [0.5, 0.6) is 0 Å². The quantitative estimate of drug-likeness (QED) is 0.345. The number of thiophene rings is 1. The summed E-state index contributed by atoms with van der Waals surface area (Å²) in [5.41, 5.74) is 0.000880. The van der Waals surface area contributed by atoms with Gasteiger partial charge in [-0.2, -0.15) is 0 Å². The number of carbonyl (C=O) groups excluding carboxylic acids is 2. The average Bonchev–Trinajstić information content (AvgIpc) is 2.77. The Balaban J connectivity index is 3.52. The number of rotatable bonds is 6. The van der Waals surface area contributed by atoms with Crippen molar-refractivity contribution in [2.24, 2.45) is 0 Å². The molecule has 1 aromatic rings. The van der Waals surface area contributed by atoms with E-state index in [2.05, 4.69) is 0 Å². The molecule has 7 nitrogen and oxygen atoms in total. The first-order valence-corrected chi connectivity index (χ1v) is 6.25. The highest BCUT2D eigenvalue weighted by Gasteiger charge is 2.34. The number of carbonyl (C=O) groups is 2. The Morgan fingerprint density at radius 1 is 1.58 bits per heavy atom. The lowest BCUT2D eigenvalue weighted by Gasteiger charge is -2.10. The van der Waals surface area contributed by atoms with Gasteiger partial charge in [-0.25, -0.2) is 4.79 Å². The van der Waals surface area contributed by atoms with E-state index >= 15 is 0 Å². The molecule has 0 aliphatic rings. The number of nitrogens with zero attached hydrogens (tertiary/aromatic N) is 1. The summed E-state index contributed by atoms with van der Waals surface area (Å²) in [7, 11) is 1.39. The summed E-state index contributed by atoms with van der Waals surface area (Å²) >= 11 is 0.644. The van der Waals surface area contributed by atoms with E-state index < -0.39 is 22.0 Å². The number of nitro groups is 1. The number of methoxy groups -OCH3 is 1. The van der Waals surface area contributed by atoms with Crippen molar-refractivity contribution in [3.05, 3.63) is 26.1 Å². The third-order valence-corrected chi connectivity index (χ3v) is 3.55. The van der Waals surface area contributed by atoms with Crippen LogP contribution in [-0.4, -0.2) is 30.9 Å². The molecule has 19 heavy (non-hydrogen) atoms. The van der Waals surface area contributed by atoms with Crippen LogP contribution < -0.4 is 0 Å². The molecule has 0 aliphatic carbocycles. The maximum atomic E-state index is 11.8. The van der Waals surface area contributed by atoms with Crippen LogP contribution in [0.15, 0.2) is 0 Å². The zero-order chi connectivity index (χ0) is 14.6. The lowest BCUT2D eigenvalue weighted by molar-refractivity contribution is -0.380. The normalized spacial score (nSPS) is 11.9. The maximum absolute atomic E-state index is 11.8. The summed E-state index contributed by atoms with van der Waals surface area (Å²) in [6.45, 7) is 3.28. The van der Waals surface area contributed by atoms with Gasteiger partial charge in [0.05, 0.1) is 22.5 Å². The smallest absolute Gasteiger partial charge is 0.346 e. The monoisotopic (exact) mass is 287 g/mol. The van der Waals surface area contributed by atoms with E-state index in [9.17, 15) is 19.7 Å². The van der Waals surface area contributed by atoms with E-state index in [0.717, 1.165) is 0 Å². The molecule has 0 aromatic carbocycles. The molecule has 1 rings (SSSR count). The summed E-state index contributed by atoms with van der Waals surface area (Å²) in [6.07, 6.45) is -0.143. The van der Waals surface area contributed by atoms with Crippen molar-refractivity contribution in [1.82, 2.24) is 0 Å². The number of esters is 1. The zero-order valence-electron chi connectivity index (χ0n) is 10.7. The highest BCUT2D eigenvalue weighted by atomic mass is 32.1. The summed E-state index contributed by atoms with van der Waals surface area (Å²) in [5, 5.41) is 10.6. The first-order valence-electron chi connectivity index (χ1n) is 5.44. The van der Waals surface area contributed by atoms with Crippen molar-refractivity contribution < 1.29 is 24.0 Å². The Bertz CT molecular complexity index is 510. The maximum Gasteiger partial charge on any atom is 0.346 e. The van der Waals surface area contributed by atoms with Crippen LogP contribution in [0, 0.1) is 10.1 Å². The highest BCUT2D eigenvalue weighted by Crippen LogP contribution is 2.39. The van der Waals surface area contributed by atoms with Gasteiger partial charge < -0.3 is 9.47 Å². The minimum absolute atomic E-state index is 0.0864. The van der Waals surface area contributed by atoms with Gasteiger partial charge in [0.15, 0.2) is 11.8 Å². The predicted octanol–water partition coefficient (Wildman–Crippen LogP) is 2.35. The predicted molar refractivity (Wildman–Crippen MR) is 67.7 cm³/mol. The lowest BCUT2D eigenvalue weighted by Crippen LogP contribution is -2.11. The van der Waals surface area contributed by atoms with Crippen LogP contribution in [0.25, 0.3) is 0 Å². The van der Waals surface area contributed by atoms with Crippen molar-refractivity contribution in [3.63, 3.8) is 0 Å². The van der Waals surface area contributed by atoms with Gasteiger partial charge in [0.25, 0.3) is 0 Å². The van der Waals surface area contributed by atoms with Crippen molar-refractivity contribution in [2.75, 3.05) is 13.7 Å². The first-order chi connectivity index (χ1) is 8.97. The number of aldehydes is 1. The summed E-state index contributed by atoms with van der Waals surface area (Å²) < 4.78 is 9.86. The molecule has 0 saturated heterocycles. The molecule has 1 aromatic heterocycles. The van der Waals surface area contributed by atoms with Gasteiger partial charge in [0.1, 0.15) is 0 Å². The van der Waals surface area contributed by atoms with Crippen molar-refractivity contribution >= 4 is 28.6 Å². The molecule has 0 spiro atoms. The molecule has 1 atom stereocenters. The Kier molecular flexibility index (Phi) is 5.13. The largest absolute Gasteiger partial charge is 0.462 e. The van der Waals surface area contributed by atoms with Crippen LogP contribution >= 0.6 is 11.3 Å². The SMILES string of the molecule is CCOC(=O)c1c([N+](=O)[O-])sc(C=O)c1C(C)OC. The fourth-order valence-electron chi connectivity index (χ4n) is 1.59. The lowest BCUT2D eigenvalue weighted by atomic mass is 10.1. The Hall–Kier alpha value is -1.80. The summed E-state index contributed by atoms with van der Waals surface area (Å²) in [4.78, 5) is 33.2. The van der Waals surface area contributed by atoms with Gasteiger partial charge in [-0.05, 0) is 13.8 Å². The molecular weight excluding hydrogens is 274 g/mol. The van der Waals surface area contributed by atoms with Gasteiger partial charge in [-0.1, -0.05) is 11.3 Å². The third kappa shape index (κ3) is 2.96. The van der Waals surface area contributed by atoms with Crippen molar-refractivity contribution in [2.45, 2.75) is 20.0 Å². The van der Waals surface area contributed by atoms with Gasteiger partial charge in [-0.3, -0.25) is 14.9 Å². The van der Waals surface area contributed by atoms with E-state index in [0.29, 0.717) is 17.6 Å². The van der Waals surface area contributed by atoms with E-state index in [-0.39, 0.29) is 22.6 Å². The van der Waals surface area contributed by atoms with Gasteiger partial charge in [0.2, 0.25) is 0 Å². The molecule has 8 heteroatoms. The molecule has 1 unspecified atom stereocenters. The molecular formula is C11H13NO6S. The van der Waals surface area contributed by atoms with Crippen LogP contribution in [-0.2, 0) is 9.47 Å². The Labute approximate surface area is 113 Å². The average molecular weight is 287 g/mol. The highest BCUT2D eigenvalue weighted by molar-refractivity contribution is 7.17. The standard InChI is InChI=1S/C11H13NO6S/c1-4-18-11(14)9-8(6(2)17-3)7(5-13)19-10(9)12(15)16/h5-6H,4H2,1-3H3. The number of hydrogen-bond donors (Lipinski definition) is 0. The van der Waals surface area contributed by atoms with Gasteiger partial charge >= 0.3 is 11.0 Å². The molecule has 104 valence electrons. The van der Waals surface area contributed by atoms with Crippen molar-refractivity contribution in [3.8, 4) is 0 Å². The Morgan fingerprint density at radius 3 is 2.63 bits per heavy atom. The van der Waals surface area contributed by atoms with E-state index in [1.807, 2.05) is 0 Å². The van der Waals surface area contributed by atoms with Gasteiger partial charge in [0, 0.05) is 12.7 Å². The first kappa shape index (κ1) is 15.3. The van der Waals surface area contributed by atoms with E-state index in [4.69, 9.17) is 9.47 Å². The summed E-state index contributed by atoms with van der Waals surface area (Å²) in [6, 6.07) is 0. The molecule has 1 heterocycles.